The Morgan fingerprint density at radius 1 is 0.760 bits per heavy atom. The van der Waals surface area contributed by atoms with Crippen LogP contribution in [0.5, 0.6) is 0 Å². The Hall–Kier alpha value is -1.84. The van der Waals surface area contributed by atoms with Crippen LogP contribution in [0.4, 0.5) is 5.69 Å². The second-order valence-electron chi connectivity index (χ2n) is 7.25. The van der Waals surface area contributed by atoms with E-state index in [2.05, 4.69) is 10.6 Å². The van der Waals surface area contributed by atoms with E-state index in [4.69, 9.17) is 0 Å². The first-order chi connectivity index (χ1) is 12.1. The maximum Gasteiger partial charge on any atom is 0.313 e. The Morgan fingerprint density at radius 2 is 1.24 bits per heavy atom. The van der Waals surface area contributed by atoms with Gasteiger partial charge in [0.2, 0.25) is 0 Å². The van der Waals surface area contributed by atoms with Crippen molar-refractivity contribution in [2.24, 2.45) is 0 Å². The third-order valence-electron chi connectivity index (χ3n) is 4.96. The number of nitrogens with one attached hydrogen (secondary N) is 2. The van der Waals surface area contributed by atoms with Crippen molar-refractivity contribution in [2.75, 3.05) is 5.32 Å². The summed E-state index contributed by atoms with van der Waals surface area (Å²) in [5, 5.41) is 5.63. The predicted octanol–water partition coefficient (Wildman–Crippen LogP) is 4.72. The fourth-order valence-electron chi connectivity index (χ4n) is 3.38. The standard InChI is InChI=1S/C21H32N2O2/c1-17-13-15-19(16-14-17)23-21(25)20(24)22-18-11-9-7-5-3-2-4-6-8-10-12-18/h13-16,18H,2-12H2,1H3,(H,22,24)(H,23,25). The van der Waals surface area contributed by atoms with Crippen molar-refractivity contribution < 1.29 is 9.59 Å². The first-order valence-electron chi connectivity index (χ1n) is 9.83. The number of benzene rings is 1. The average molecular weight is 344 g/mol. The Bertz CT molecular complexity index is 527. The SMILES string of the molecule is Cc1ccc(NC(=O)C(=O)NC2CCCCCCCCCCC2)cc1. The van der Waals surface area contributed by atoms with E-state index in [-0.39, 0.29) is 6.04 Å². The summed E-state index contributed by atoms with van der Waals surface area (Å²) in [6, 6.07) is 7.59. The van der Waals surface area contributed by atoms with E-state index in [1.807, 2.05) is 31.2 Å². The highest BCUT2D eigenvalue weighted by molar-refractivity contribution is 6.39. The number of carbonyl (C=O) groups excluding carboxylic acids is 2. The monoisotopic (exact) mass is 344 g/mol. The summed E-state index contributed by atoms with van der Waals surface area (Å²) >= 11 is 0. The largest absolute Gasteiger partial charge is 0.345 e. The van der Waals surface area contributed by atoms with Crippen LogP contribution in [-0.4, -0.2) is 17.9 Å². The van der Waals surface area contributed by atoms with Gasteiger partial charge in [0.1, 0.15) is 0 Å². The van der Waals surface area contributed by atoms with Crippen molar-refractivity contribution in [3.8, 4) is 0 Å². The van der Waals surface area contributed by atoms with Crippen molar-refractivity contribution in [1.29, 1.82) is 0 Å². The molecule has 1 fully saturated rings. The molecule has 0 heterocycles. The molecule has 0 bridgehead atoms. The highest BCUT2D eigenvalue weighted by Crippen LogP contribution is 2.17. The summed E-state index contributed by atoms with van der Waals surface area (Å²) in [5.41, 5.74) is 1.78. The molecule has 1 aliphatic rings. The summed E-state index contributed by atoms with van der Waals surface area (Å²) in [5.74, 6) is -1.09. The second-order valence-corrected chi connectivity index (χ2v) is 7.25. The van der Waals surface area contributed by atoms with E-state index in [0.717, 1.165) is 31.2 Å². The zero-order valence-electron chi connectivity index (χ0n) is 15.5. The average Bonchev–Trinajstić information content (AvgIpc) is 2.59. The summed E-state index contributed by atoms with van der Waals surface area (Å²) in [7, 11) is 0. The minimum atomic E-state index is -0.574. The Morgan fingerprint density at radius 3 is 1.76 bits per heavy atom. The molecule has 4 nitrogen and oxygen atoms in total. The van der Waals surface area contributed by atoms with E-state index < -0.39 is 11.8 Å². The van der Waals surface area contributed by atoms with Crippen molar-refractivity contribution in [2.45, 2.75) is 83.6 Å². The number of anilines is 1. The van der Waals surface area contributed by atoms with Gasteiger partial charge in [0, 0.05) is 11.7 Å². The molecule has 0 radical (unpaired) electrons. The van der Waals surface area contributed by atoms with Crippen molar-refractivity contribution in [3.05, 3.63) is 29.8 Å². The van der Waals surface area contributed by atoms with Crippen LogP contribution in [0.3, 0.4) is 0 Å². The van der Waals surface area contributed by atoms with Gasteiger partial charge < -0.3 is 10.6 Å². The molecular weight excluding hydrogens is 312 g/mol. The maximum atomic E-state index is 12.2. The molecular formula is C21H32N2O2. The molecule has 25 heavy (non-hydrogen) atoms. The number of hydrogen-bond donors (Lipinski definition) is 2. The number of hydrogen-bond acceptors (Lipinski definition) is 2. The lowest BCUT2D eigenvalue weighted by molar-refractivity contribution is -0.136. The number of aryl methyl sites for hydroxylation is 1. The molecule has 1 aromatic rings. The minimum Gasteiger partial charge on any atom is -0.345 e. The van der Waals surface area contributed by atoms with Crippen LogP contribution >= 0.6 is 0 Å². The molecule has 0 spiro atoms. The zero-order chi connectivity index (χ0) is 17.9. The molecule has 2 amide bonds. The molecule has 0 saturated heterocycles. The molecule has 1 aromatic carbocycles. The predicted molar refractivity (Wildman–Crippen MR) is 103 cm³/mol. The van der Waals surface area contributed by atoms with Crippen LogP contribution in [0.2, 0.25) is 0 Å². The lowest BCUT2D eigenvalue weighted by atomic mass is 9.98. The van der Waals surface area contributed by atoms with Crippen molar-refractivity contribution >= 4 is 17.5 Å². The van der Waals surface area contributed by atoms with Crippen LogP contribution in [0.1, 0.15) is 76.2 Å². The molecule has 0 atom stereocenters. The number of carbonyl (C=O) groups is 2. The summed E-state index contributed by atoms with van der Waals surface area (Å²) in [6.45, 7) is 1.99. The van der Waals surface area contributed by atoms with Crippen molar-refractivity contribution in [1.82, 2.24) is 5.32 Å². The zero-order valence-corrected chi connectivity index (χ0v) is 15.5. The topological polar surface area (TPSA) is 58.2 Å². The lowest BCUT2D eigenvalue weighted by Crippen LogP contribution is -2.41. The molecule has 138 valence electrons. The van der Waals surface area contributed by atoms with Gasteiger partial charge in [0.25, 0.3) is 0 Å². The number of amides is 2. The molecule has 0 aromatic heterocycles. The first kappa shape index (κ1) is 19.5. The van der Waals surface area contributed by atoms with Gasteiger partial charge in [-0.15, -0.1) is 0 Å². The van der Waals surface area contributed by atoms with Gasteiger partial charge in [-0.2, -0.15) is 0 Å². The van der Waals surface area contributed by atoms with Crippen LogP contribution in [0.15, 0.2) is 24.3 Å². The fourth-order valence-corrected chi connectivity index (χ4v) is 3.38. The number of rotatable bonds is 2. The third-order valence-corrected chi connectivity index (χ3v) is 4.96. The third kappa shape index (κ3) is 7.72. The van der Waals surface area contributed by atoms with Gasteiger partial charge in [0.15, 0.2) is 0 Å². The van der Waals surface area contributed by atoms with Gasteiger partial charge in [-0.1, -0.05) is 75.5 Å². The van der Waals surface area contributed by atoms with Crippen molar-refractivity contribution in [3.63, 3.8) is 0 Å². The van der Waals surface area contributed by atoms with Crippen LogP contribution in [0.25, 0.3) is 0 Å². The molecule has 1 saturated carbocycles. The molecule has 1 aliphatic carbocycles. The molecule has 0 aliphatic heterocycles. The van der Waals surface area contributed by atoms with Gasteiger partial charge in [-0.25, -0.2) is 0 Å². The highest BCUT2D eigenvalue weighted by Gasteiger charge is 2.18. The van der Waals surface area contributed by atoms with Gasteiger partial charge in [0.05, 0.1) is 0 Å². The summed E-state index contributed by atoms with van der Waals surface area (Å²) in [6.07, 6.45) is 13.3. The molecule has 2 N–H and O–H groups in total. The minimum absolute atomic E-state index is 0.121. The van der Waals surface area contributed by atoms with Crippen LogP contribution in [0, 0.1) is 6.92 Å². The van der Waals surface area contributed by atoms with Crippen LogP contribution in [-0.2, 0) is 9.59 Å². The van der Waals surface area contributed by atoms with Gasteiger partial charge in [-0.3, -0.25) is 9.59 Å². The Labute approximate surface area is 151 Å². The van der Waals surface area contributed by atoms with Gasteiger partial charge >= 0.3 is 11.8 Å². The normalized spacial score (nSPS) is 17.8. The molecule has 0 unspecified atom stereocenters. The highest BCUT2D eigenvalue weighted by atomic mass is 16.2. The first-order valence-corrected chi connectivity index (χ1v) is 9.83. The fraction of sp³-hybridized carbons (Fsp3) is 0.619. The van der Waals surface area contributed by atoms with Gasteiger partial charge in [-0.05, 0) is 31.9 Å². The quantitative estimate of drug-likeness (QED) is 0.763. The smallest absolute Gasteiger partial charge is 0.313 e. The Kier molecular flexibility index (Phi) is 8.50. The summed E-state index contributed by atoms with van der Waals surface area (Å²) in [4.78, 5) is 24.4. The summed E-state index contributed by atoms with van der Waals surface area (Å²) < 4.78 is 0. The molecule has 4 heteroatoms. The van der Waals surface area contributed by atoms with E-state index >= 15 is 0 Å². The second kappa shape index (κ2) is 10.9. The van der Waals surface area contributed by atoms with E-state index in [0.29, 0.717) is 5.69 Å². The van der Waals surface area contributed by atoms with E-state index in [1.165, 1.54) is 44.9 Å². The molecule has 2 rings (SSSR count). The van der Waals surface area contributed by atoms with Crippen LogP contribution < -0.4 is 10.6 Å². The van der Waals surface area contributed by atoms with E-state index in [9.17, 15) is 9.59 Å². The maximum absolute atomic E-state index is 12.2. The van der Waals surface area contributed by atoms with E-state index in [1.54, 1.807) is 0 Å². The lowest BCUT2D eigenvalue weighted by Gasteiger charge is -2.19. The Balaban J connectivity index is 1.82.